The van der Waals surface area contributed by atoms with Crippen LogP contribution in [-0.2, 0) is 6.54 Å². The fourth-order valence-corrected chi connectivity index (χ4v) is 3.75. The number of aryl methyl sites for hydroxylation is 1. The third-order valence-electron chi connectivity index (χ3n) is 3.07. The average molecular weight is 330 g/mol. The SMILES string of the molecule is Cc1nc(-c2ncccn2)sc1C(=O)N(C)Cc1cccs1. The molecule has 1 amide bonds. The lowest BCUT2D eigenvalue weighted by atomic mass is 10.3. The maximum absolute atomic E-state index is 12.6. The van der Waals surface area contributed by atoms with E-state index in [2.05, 4.69) is 15.0 Å². The molecule has 0 saturated carbocycles. The van der Waals surface area contributed by atoms with Crippen molar-refractivity contribution in [2.45, 2.75) is 13.5 Å². The molecule has 5 nitrogen and oxygen atoms in total. The van der Waals surface area contributed by atoms with E-state index in [1.165, 1.54) is 11.3 Å². The van der Waals surface area contributed by atoms with Gasteiger partial charge in [-0.05, 0) is 24.4 Å². The second-order valence-electron chi connectivity index (χ2n) is 4.75. The lowest BCUT2D eigenvalue weighted by molar-refractivity contribution is 0.0790. The molecule has 0 aliphatic carbocycles. The first-order valence-corrected chi connectivity index (χ1v) is 8.37. The maximum atomic E-state index is 12.6. The van der Waals surface area contributed by atoms with Gasteiger partial charge in [-0.2, -0.15) is 0 Å². The van der Waals surface area contributed by atoms with Crippen LogP contribution in [0.15, 0.2) is 36.0 Å². The smallest absolute Gasteiger partial charge is 0.265 e. The molecule has 0 bridgehead atoms. The summed E-state index contributed by atoms with van der Waals surface area (Å²) in [6.07, 6.45) is 3.34. The van der Waals surface area contributed by atoms with Crippen LogP contribution >= 0.6 is 22.7 Å². The van der Waals surface area contributed by atoms with Gasteiger partial charge in [-0.1, -0.05) is 6.07 Å². The number of carbonyl (C=O) groups excluding carboxylic acids is 1. The highest BCUT2D eigenvalue weighted by Gasteiger charge is 2.20. The molecule has 112 valence electrons. The monoisotopic (exact) mass is 330 g/mol. The van der Waals surface area contributed by atoms with Gasteiger partial charge < -0.3 is 4.90 Å². The number of rotatable bonds is 4. The quantitative estimate of drug-likeness (QED) is 0.737. The van der Waals surface area contributed by atoms with Crippen LogP contribution in [0.2, 0.25) is 0 Å². The van der Waals surface area contributed by atoms with Crippen molar-refractivity contribution in [2.24, 2.45) is 0 Å². The molecule has 0 spiro atoms. The van der Waals surface area contributed by atoms with E-state index in [9.17, 15) is 4.79 Å². The first-order chi connectivity index (χ1) is 10.6. The fourth-order valence-electron chi connectivity index (χ4n) is 1.98. The Hall–Kier alpha value is -2.12. The van der Waals surface area contributed by atoms with Crippen molar-refractivity contribution >= 4 is 28.6 Å². The molecule has 22 heavy (non-hydrogen) atoms. The second-order valence-corrected chi connectivity index (χ2v) is 6.78. The van der Waals surface area contributed by atoms with Crippen LogP contribution < -0.4 is 0 Å². The van der Waals surface area contributed by atoms with E-state index in [-0.39, 0.29) is 5.91 Å². The molecule has 0 radical (unpaired) electrons. The summed E-state index contributed by atoms with van der Waals surface area (Å²) in [4.78, 5) is 28.9. The predicted octanol–water partition coefficient (Wildman–Crippen LogP) is 3.24. The van der Waals surface area contributed by atoms with Gasteiger partial charge in [-0.15, -0.1) is 22.7 Å². The van der Waals surface area contributed by atoms with Crippen LogP contribution in [0.1, 0.15) is 20.2 Å². The van der Waals surface area contributed by atoms with Crippen LogP contribution in [-0.4, -0.2) is 32.8 Å². The van der Waals surface area contributed by atoms with Gasteiger partial charge in [0.25, 0.3) is 5.91 Å². The lowest BCUT2D eigenvalue weighted by Crippen LogP contribution is -2.25. The molecule has 0 atom stereocenters. The standard InChI is InChI=1S/C15H14N4OS2/c1-10-12(15(20)19(2)9-11-5-3-8-21-11)22-14(18-10)13-16-6-4-7-17-13/h3-8H,9H2,1-2H3. The number of thiophene rings is 1. The van der Waals surface area contributed by atoms with Crippen molar-refractivity contribution in [1.82, 2.24) is 19.9 Å². The molecule has 0 aromatic carbocycles. The zero-order chi connectivity index (χ0) is 15.5. The minimum Gasteiger partial charge on any atom is -0.336 e. The minimum atomic E-state index is -0.0226. The van der Waals surface area contributed by atoms with Crippen molar-refractivity contribution in [3.63, 3.8) is 0 Å². The molecule has 7 heteroatoms. The third kappa shape index (κ3) is 3.05. The molecule has 0 aliphatic heterocycles. The first-order valence-electron chi connectivity index (χ1n) is 6.68. The van der Waals surface area contributed by atoms with Gasteiger partial charge in [0.05, 0.1) is 12.2 Å². The van der Waals surface area contributed by atoms with Crippen LogP contribution in [0.25, 0.3) is 10.8 Å². The highest BCUT2D eigenvalue weighted by molar-refractivity contribution is 7.17. The number of hydrogen-bond donors (Lipinski definition) is 0. The summed E-state index contributed by atoms with van der Waals surface area (Å²) in [6.45, 7) is 2.44. The van der Waals surface area contributed by atoms with Crippen molar-refractivity contribution in [3.05, 3.63) is 51.4 Å². The van der Waals surface area contributed by atoms with Gasteiger partial charge in [-0.25, -0.2) is 15.0 Å². The predicted molar refractivity (Wildman–Crippen MR) is 88.0 cm³/mol. The highest BCUT2D eigenvalue weighted by Crippen LogP contribution is 2.26. The summed E-state index contributed by atoms with van der Waals surface area (Å²) in [7, 11) is 1.81. The number of nitrogens with zero attached hydrogens (tertiary/aromatic N) is 4. The van der Waals surface area contributed by atoms with Crippen LogP contribution in [0.5, 0.6) is 0 Å². The van der Waals surface area contributed by atoms with E-state index in [1.807, 2.05) is 24.4 Å². The molecule has 3 aromatic heterocycles. The molecule has 3 heterocycles. The highest BCUT2D eigenvalue weighted by atomic mass is 32.1. The summed E-state index contributed by atoms with van der Waals surface area (Å²) >= 11 is 2.98. The van der Waals surface area contributed by atoms with Crippen LogP contribution in [0.4, 0.5) is 0 Å². The number of aromatic nitrogens is 3. The largest absolute Gasteiger partial charge is 0.336 e. The summed E-state index contributed by atoms with van der Waals surface area (Å²) in [6, 6.07) is 5.77. The van der Waals surface area contributed by atoms with E-state index in [0.717, 1.165) is 10.6 Å². The van der Waals surface area contributed by atoms with E-state index < -0.39 is 0 Å². The van der Waals surface area contributed by atoms with Gasteiger partial charge in [0, 0.05) is 24.3 Å². The Kier molecular flexibility index (Phi) is 4.26. The van der Waals surface area contributed by atoms with Crippen LogP contribution in [0.3, 0.4) is 0 Å². The van der Waals surface area contributed by atoms with E-state index >= 15 is 0 Å². The Morgan fingerprint density at radius 1 is 1.27 bits per heavy atom. The summed E-state index contributed by atoms with van der Waals surface area (Å²) < 4.78 is 0. The Balaban J connectivity index is 1.82. The van der Waals surface area contributed by atoms with Crippen molar-refractivity contribution in [1.29, 1.82) is 0 Å². The Morgan fingerprint density at radius 3 is 2.73 bits per heavy atom. The number of hydrogen-bond acceptors (Lipinski definition) is 6. The van der Waals surface area contributed by atoms with Gasteiger partial charge in [0.2, 0.25) is 0 Å². The maximum Gasteiger partial charge on any atom is 0.265 e. The molecule has 3 aromatic rings. The first kappa shape index (κ1) is 14.8. The number of amides is 1. The number of carbonyl (C=O) groups is 1. The molecule has 3 rings (SSSR count). The zero-order valence-electron chi connectivity index (χ0n) is 12.2. The molecule has 0 aliphatic rings. The summed E-state index contributed by atoms with van der Waals surface area (Å²) in [5.74, 6) is 0.529. The Bertz CT molecular complexity index is 768. The normalized spacial score (nSPS) is 10.6. The molecular formula is C15H14N4OS2. The minimum absolute atomic E-state index is 0.0226. The fraction of sp³-hybridized carbons (Fsp3) is 0.200. The molecular weight excluding hydrogens is 316 g/mol. The average Bonchev–Trinajstić information content (AvgIpc) is 3.17. The van der Waals surface area contributed by atoms with E-state index in [1.54, 1.807) is 41.7 Å². The Morgan fingerprint density at radius 2 is 2.05 bits per heavy atom. The zero-order valence-corrected chi connectivity index (χ0v) is 13.8. The topological polar surface area (TPSA) is 59.0 Å². The van der Waals surface area contributed by atoms with E-state index in [0.29, 0.717) is 22.3 Å². The van der Waals surface area contributed by atoms with Crippen molar-refractivity contribution in [2.75, 3.05) is 7.05 Å². The molecule has 0 saturated heterocycles. The van der Waals surface area contributed by atoms with E-state index in [4.69, 9.17) is 0 Å². The summed E-state index contributed by atoms with van der Waals surface area (Å²) in [5.41, 5.74) is 0.718. The van der Waals surface area contributed by atoms with Crippen molar-refractivity contribution < 1.29 is 4.79 Å². The number of thiazole rings is 1. The van der Waals surface area contributed by atoms with Crippen LogP contribution in [0, 0.1) is 6.92 Å². The van der Waals surface area contributed by atoms with Crippen molar-refractivity contribution in [3.8, 4) is 10.8 Å². The van der Waals surface area contributed by atoms with Gasteiger partial charge in [0.1, 0.15) is 4.88 Å². The third-order valence-corrected chi connectivity index (χ3v) is 5.07. The van der Waals surface area contributed by atoms with Gasteiger partial charge in [-0.3, -0.25) is 4.79 Å². The van der Waals surface area contributed by atoms with Gasteiger partial charge >= 0.3 is 0 Å². The summed E-state index contributed by atoms with van der Waals surface area (Å²) in [5, 5.41) is 2.68. The second kappa shape index (κ2) is 6.33. The molecule has 0 fully saturated rings. The van der Waals surface area contributed by atoms with Gasteiger partial charge in [0.15, 0.2) is 10.8 Å². The lowest BCUT2D eigenvalue weighted by Gasteiger charge is -2.15. The Labute approximate surface area is 136 Å². The molecule has 0 N–H and O–H groups in total. The molecule has 0 unspecified atom stereocenters.